The molecule has 0 amide bonds. The highest BCUT2D eigenvalue weighted by molar-refractivity contribution is 5.68. The molecule has 4 heterocycles. The summed E-state index contributed by atoms with van der Waals surface area (Å²) >= 11 is 0. The first-order chi connectivity index (χ1) is 25.8. The van der Waals surface area contributed by atoms with E-state index in [-0.39, 0.29) is 24.4 Å². The van der Waals surface area contributed by atoms with Crippen LogP contribution in [-0.2, 0) is 9.47 Å². The van der Waals surface area contributed by atoms with Gasteiger partial charge in [-0.3, -0.25) is 0 Å². The first-order valence-corrected chi connectivity index (χ1v) is 20.1. The minimum atomic E-state index is 0.216. The zero-order chi connectivity index (χ0) is 33.1. The maximum atomic E-state index is 7.14. The summed E-state index contributed by atoms with van der Waals surface area (Å²) in [6.45, 7) is 0. The predicted molar refractivity (Wildman–Crippen MR) is 199 cm³/mol. The van der Waals surface area contributed by atoms with Gasteiger partial charge in [-0.25, -0.2) is 0 Å². The van der Waals surface area contributed by atoms with Gasteiger partial charge in [-0.1, -0.05) is 119 Å². The summed E-state index contributed by atoms with van der Waals surface area (Å²) < 4.78 is 14.3. The van der Waals surface area contributed by atoms with Crippen molar-refractivity contribution in [3.63, 3.8) is 0 Å². The number of ether oxygens (including phenoxy) is 2. The molecule has 5 aromatic rings. The molecule has 2 saturated heterocycles. The van der Waals surface area contributed by atoms with Crippen LogP contribution in [0.4, 0.5) is 0 Å². The second-order valence-corrected chi connectivity index (χ2v) is 17.9. The quantitative estimate of drug-likeness (QED) is 0.153. The normalized spacial score (nSPS) is 37.4. The van der Waals surface area contributed by atoms with E-state index in [1.165, 1.54) is 47.9 Å². The lowest BCUT2D eigenvalue weighted by Gasteiger charge is -2.49. The Bertz CT molecular complexity index is 2150. The van der Waals surface area contributed by atoms with E-state index >= 15 is 0 Å². The maximum absolute atomic E-state index is 7.14. The van der Waals surface area contributed by atoms with Crippen molar-refractivity contribution in [1.82, 2.24) is 0 Å². The number of benzene rings is 5. The summed E-state index contributed by atoms with van der Waals surface area (Å²) in [5.74, 6) is 3.92. The van der Waals surface area contributed by atoms with Crippen LogP contribution in [0.5, 0.6) is 0 Å². The Kier molecular flexibility index (Phi) is 4.69. The van der Waals surface area contributed by atoms with Crippen LogP contribution in [0.25, 0.3) is 0 Å². The smallest absolute Gasteiger partial charge is 0.0872 e. The lowest BCUT2D eigenvalue weighted by Crippen LogP contribution is -2.37. The van der Waals surface area contributed by atoms with Crippen molar-refractivity contribution in [2.24, 2.45) is 23.7 Å². The second kappa shape index (κ2) is 8.99. The lowest BCUT2D eigenvalue weighted by molar-refractivity contribution is 0.0506. The van der Waals surface area contributed by atoms with Gasteiger partial charge in [0.25, 0.3) is 0 Å². The van der Waals surface area contributed by atoms with Crippen LogP contribution in [0, 0.1) is 23.7 Å². The van der Waals surface area contributed by atoms with Crippen molar-refractivity contribution in [2.45, 2.75) is 73.8 Å². The molecule has 0 saturated carbocycles. The van der Waals surface area contributed by atoms with E-state index in [4.69, 9.17) is 9.47 Å². The second-order valence-electron chi connectivity index (χ2n) is 17.9. The maximum Gasteiger partial charge on any atom is 0.0872 e. The van der Waals surface area contributed by atoms with Gasteiger partial charge in [0.1, 0.15) is 0 Å². The molecule has 8 aliphatic carbocycles. The van der Waals surface area contributed by atoms with E-state index in [0.29, 0.717) is 47.3 Å². The van der Waals surface area contributed by atoms with E-state index in [2.05, 4.69) is 109 Å². The largest absolute Gasteiger partial charge is 0.365 e. The number of rotatable bonds is 0. The Labute approximate surface area is 304 Å². The van der Waals surface area contributed by atoms with Crippen molar-refractivity contribution in [1.29, 1.82) is 0 Å². The van der Waals surface area contributed by atoms with Crippen LogP contribution in [0.1, 0.15) is 141 Å². The first kappa shape index (κ1) is 27.2. The molecule has 5 aromatic carbocycles. The minimum absolute atomic E-state index is 0.216. The van der Waals surface area contributed by atoms with Gasteiger partial charge < -0.3 is 9.47 Å². The molecule has 2 fully saturated rings. The van der Waals surface area contributed by atoms with Crippen LogP contribution in [0.15, 0.2) is 131 Å². The fraction of sp³-hybridized carbons (Fsp3) is 0.320. The third-order valence-corrected chi connectivity index (χ3v) is 16.3. The summed E-state index contributed by atoms with van der Waals surface area (Å²) in [6.07, 6.45) is 5.57. The molecule has 8 atom stereocenters. The lowest BCUT2D eigenvalue weighted by atomic mass is 9.53. The van der Waals surface area contributed by atoms with Crippen molar-refractivity contribution >= 4 is 0 Å². The zero-order valence-electron chi connectivity index (χ0n) is 29.0. The summed E-state index contributed by atoms with van der Waals surface area (Å²) in [6, 6.07) is 42.6. The third kappa shape index (κ3) is 2.93. The minimum Gasteiger partial charge on any atom is -0.365 e. The zero-order valence-corrected chi connectivity index (χ0v) is 29.0. The Morgan fingerprint density at radius 3 is 0.712 bits per heavy atom. The average molecular weight is 671 g/mol. The highest BCUT2D eigenvalue weighted by atomic mass is 16.5. The first-order valence-electron chi connectivity index (χ1n) is 20.1. The summed E-state index contributed by atoms with van der Waals surface area (Å²) in [5.41, 5.74) is 25.3. The van der Waals surface area contributed by atoms with Crippen molar-refractivity contribution in [3.05, 3.63) is 198 Å². The molecule has 0 unspecified atom stereocenters. The molecular weight excluding hydrogens is 633 g/mol. The SMILES string of the molecule is c1ccc2c(c1)C1C3=C(C[C@@H]4[C@@H](C3)[C@@H]3O[C@@H]4c4cc5c(cc43)[C@@H]3O[C@@H]5[C@H]4CC5=C(C[C@H]43)C3c4ccccc4C5c4ccccc43)C2c2ccccc21. The van der Waals surface area contributed by atoms with Gasteiger partial charge in [0.15, 0.2) is 0 Å². The molecule has 52 heavy (non-hydrogen) atoms. The molecule has 2 heteroatoms. The third-order valence-electron chi connectivity index (χ3n) is 16.3. The van der Waals surface area contributed by atoms with E-state index < -0.39 is 0 Å². The van der Waals surface area contributed by atoms with E-state index in [1.807, 2.05) is 0 Å². The van der Waals surface area contributed by atoms with Crippen LogP contribution in [-0.4, -0.2) is 0 Å². The Morgan fingerprint density at radius 2 is 0.500 bits per heavy atom. The summed E-state index contributed by atoms with van der Waals surface area (Å²) in [4.78, 5) is 0. The van der Waals surface area contributed by atoms with Gasteiger partial charge in [-0.05, 0) is 128 Å². The molecule has 8 bridgehead atoms. The molecule has 2 nitrogen and oxygen atoms in total. The number of allylic oxidation sites excluding steroid dienone is 4. The highest BCUT2D eigenvalue weighted by Crippen LogP contribution is 2.72. The van der Waals surface area contributed by atoms with Gasteiger partial charge in [-0.15, -0.1) is 0 Å². The fourth-order valence-corrected chi connectivity index (χ4v) is 14.6. The topological polar surface area (TPSA) is 18.5 Å². The number of hydrogen-bond acceptors (Lipinski definition) is 2. The van der Waals surface area contributed by atoms with Crippen molar-refractivity contribution in [3.8, 4) is 0 Å². The van der Waals surface area contributed by atoms with Crippen molar-refractivity contribution in [2.75, 3.05) is 0 Å². The molecule has 0 radical (unpaired) electrons. The predicted octanol–water partition coefficient (Wildman–Crippen LogP) is 11.2. The van der Waals surface area contributed by atoms with Gasteiger partial charge >= 0.3 is 0 Å². The van der Waals surface area contributed by atoms with E-state index in [1.54, 1.807) is 66.8 Å². The van der Waals surface area contributed by atoms with Crippen LogP contribution >= 0.6 is 0 Å². The van der Waals surface area contributed by atoms with Crippen LogP contribution < -0.4 is 0 Å². The average Bonchev–Trinajstić information content (AvgIpc) is 3.97. The molecule has 4 aliphatic heterocycles. The molecule has 12 aliphatic rings. The molecule has 0 aromatic heterocycles. The number of fused-ring (bicyclic) bond motifs is 16. The number of hydrogen-bond donors (Lipinski definition) is 0. The van der Waals surface area contributed by atoms with E-state index in [9.17, 15) is 0 Å². The Balaban J connectivity index is 0.798. The molecule has 250 valence electrons. The van der Waals surface area contributed by atoms with Gasteiger partial charge in [0.05, 0.1) is 24.4 Å². The Morgan fingerprint density at radius 1 is 0.288 bits per heavy atom. The highest BCUT2D eigenvalue weighted by Gasteiger charge is 2.61. The molecular formula is C50H38O2. The summed E-state index contributed by atoms with van der Waals surface area (Å²) in [5, 5.41) is 0. The van der Waals surface area contributed by atoms with Crippen molar-refractivity contribution < 1.29 is 9.47 Å². The van der Waals surface area contributed by atoms with Gasteiger partial charge in [0, 0.05) is 23.7 Å². The molecule has 17 rings (SSSR count). The monoisotopic (exact) mass is 670 g/mol. The van der Waals surface area contributed by atoms with Crippen LogP contribution in [0.3, 0.4) is 0 Å². The van der Waals surface area contributed by atoms with E-state index in [0.717, 1.165) is 0 Å². The standard InChI is InChI=1S/C50H38O2/c1-2-10-24-23(9-1)43-25-11-3-4-12-26(25)44(24)32-18-36-35(17-31(32)43)47-39-21-41-42(22-40(39)48(36)51-47)50-38-20-34-33(19-37(38)49(41)52-50)45-27-13-5-7-15-29(27)46(34)30-16-8-6-14-28(30)45/h1-16,21-22,35-38,43-50H,17-20H2/t35-,36-,37-,38+,43?,44?,45?,46?,47+,48+,49-,50-/m1/s1. The molecule has 0 spiro atoms. The van der Waals surface area contributed by atoms with Crippen LogP contribution in [0.2, 0.25) is 0 Å². The van der Waals surface area contributed by atoms with Gasteiger partial charge in [0.2, 0.25) is 0 Å². The molecule has 0 N–H and O–H groups in total. The fourth-order valence-electron chi connectivity index (χ4n) is 14.6. The summed E-state index contributed by atoms with van der Waals surface area (Å²) in [7, 11) is 0. The van der Waals surface area contributed by atoms with Gasteiger partial charge in [-0.2, -0.15) is 0 Å². The Hall–Kier alpha value is -4.50.